The largest absolute Gasteiger partial charge is 0.393 e. The molecule has 2 heterocycles. The average molecular weight is 575 g/mol. The summed E-state index contributed by atoms with van der Waals surface area (Å²) >= 11 is 0. The van der Waals surface area contributed by atoms with Crippen LogP contribution in [0, 0.1) is 13.8 Å². The molecule has 0 saturated carbocycles. The molecule has 2 aromatic rings. The molecule has 2 aromatic carbocycles. The first-order valence-corrected chi connectivity index (χ1v) is 16.0. The van der Waals surface area contributed by atoms with Crippen LogP contribution in [0.4, 0.5) is 0 Å². The van der Waals surface area contributed by atoms with Crippen LogP contribution in [0.15, 0.2) is 58.3 Å². The standard InChI is InChI=1S/C13H19NO3S.C7H7ClO2S.C6H13NO/c1-11-3-5-13(6-4-11)18(15,16)17-12-7-9-14(2)10-8-12;1-6-2-4-7(5-3-6)11(8,9)10;1-7-4-2-6(8)3-5-7/h3-6,12H,7-10H2,1-2H3;2-5H,1H3;6,8H,2-5H2,1H3. The monoisotopic (exact) mass is 574 g/mol. The van der Waals surface area contributed by atoms with Gasteiger partial charge in [0.15, 0.2) is 0 Å². The molecule has 0 amide bonds. The fraction of sp³-hybridized carbons (Fsp3) is 0.538. The number of nitrogens with zero attached hydrogens (tertiary/aromatic N) is 2. The third-order valence-electron chi connectivity index (χ3n) is 6.23. The normalized spacial score (nSPS) is 18.3. The molecule has 0 radical (unpaired) electrons. The number of rotatable bonds is 4. The van der Waals surface area contributed by atoms with Crippen LogP contribution in [0.25, 0.3) is 0 Å². The van der Waals surface area contributed by atoms with Crippen molar-refractivity contribution in [2.75, 3.05) is 40.3 Å². The molecule has 0 atom stereocenters. The number of hydrogen-bond donors (Lipinski definition) is 1. The average Bonchev–Trinajstić information content (AvgIpc) is 2.83. The summed E-state index contributed by atoms with van der Waals surface area (Å²) in [5.74, 6) is 0. The summed E-state index contributed by atoms with van der Waals surface area (Å²) in [7, 11) is 2.04. The van der Waals surface area contributed by atoms with Gasteiger partial charge in [-0.25, -0.2) is 8.42 Å². The van der Waals surface area contributed by atoms with Gasteiger partial charge in [0.25, 0.3) is 19.2 Å². The Morgan fingerprint density at radius 2 is 1.11 bits per heavy atom. The lowest BCUT2D eigenvalue weighted by molar-refractivity contribution is 0.0942. The van der Waals surface area contributed by atoms with E-state index in [0.29, 0.717) is 0 Å². The lowest BCUT2D eigenvalue weighted by Crippen LogP contribution is -2.35. The van der Waals surface area contributed by atoms with E-state index in [1.54, 1.807) is 36.4 Å². The van der Waals surface area contributed by atoms with Gasteiger partial charge in [-0.3, -0.25) is 4.18 Å². The number of likely N-dealkylation sites (tertiary alicyclic amines) is 2. The highest BCUT2D eigenvalue weighted by atomic mass is 35.7. The summed E-state index contributed by atoms with van der Waals surface area (Å²) in [4.78, 5) is 4.81. The van der Waals surface area contributed by atoms with Crippen LogP contribution >= 0.6 is 10.7 Å². The van der Waals surface area contributed by atoms with Crippen molar-refractivity contribution in [1.29, 1.82) is 0 Å². The zero-order valence-corrected chi connectivity index (χ0v) is 24.4. The van der Waals surface area contributed by atoms with E-state index in [9.17, 15) is 16.8 Å². The maximum atomic E-state index is 12.1. The van der Waals surface area contributed by atoms with E-state index < -0.39 is 19.2 Å². The molecule has 37 heavy (non-hydrogen) atoms. The summed E-state index contributed by atoms with van der Waals surface area (Å²) in [5, 5.41) is 9.00. The Balaban J connectivity index is 0.000000215. The summed E-state index contributed by atoms with van der Waals surface area (Å²) < 4.78 is 50.8. The Bertz CT molecular complexity index is 1150. The van der Waals surface area contributed by atoms with E-state index in [1.165, 1.54) is 12.1 Å². The van der Waals surface area contributed by atoms with Crippen LogP contribution in [-0.2, 0) is 23.4 Å². The Hall–Kier alpha value is -1.53. The molecule has 8 nitrogen and oxygen atoms in total. The second-order valence-electron chi connectivity index (χ2n) is 9.65. The first-order chi connectivity index (χ1) is 17.3. The highest BCUT2D eigenvalue weighted by Gasteiger charge is 2.24. The van der Waals surface area contributed by atoms with Gasteiger partial charge in [0.1, 0.15) is 0 Å². The van der Waals surface area contributed by atoms with E-state index in [2.05, 4.69) is 16.8 Å². The fourth-order valence-electron chi connectivity index (χ4n) is 3.72. The number of benzene rings is 2. The van der Waals surface area contributed by atoms with Crippen LogP contribution < -0.4 is 0 Å². The number of halogens is 1. The summed E-state index contributed by atoms with van der Waals surface area (Å²) in [6.07, 6.45) is 3.23. The van der Waals surface area contributed by atoms with Gasteiger partial charge in [-0.05, 0) is 77.9 Å². The van der Waals surface area contributed by atoms with Crippen molar-refractivity contribution in [2.45, 2.75) is 61.5 Å². The fourth-order valence-corrected chi connectivity index (χ4v) is 5.62. The summed E-state index contributed by atoms with van der Waals surface area (Å²) in [6, 6.07) is 13.1. The van der Waals surface area contributed by atoms with Gasteiger partial charge in [-0.1, -0.05) is 35.4 Å². The van der Waals surface area contributed by atoms with Crippen molar-refractivity contribution in [3.05, 3.63) is 59.7 Å². The molecule has 0 bridgehead atoms. The van der Waals surface area contributed by atoms with Gasteiger partial charge in [-0.15, -0.1) is 0 Å². The third kappa shape index (κ3) is 11.8. The predicted octanol–water partition coefficient (Wildman–Crippen LogP) is 3.79. The highest BCUT2D eigenvalue weighted by molar-refractivity contribution is 8.13. The quantitative estimate of drug-likeness (QED) is 0.434. The minimum Gasteiger partial charge on any atom is -0.393 e. The minimum atomic E-state index is -3.61. The highest BCUT2D eigenvalue weighted by Crippen LogP contribution is 2.20. The molecule has 4 rings (SSSR count). The van der Waals surface area contributed by atoms with Gasteiger partial charge >= 0.3 is 0 Å². The molecular formula is C26H39ClN2O6S2. The third-order valence-corrected chi connectivity index (χ3v) is 8.97. The van der Waals surface area contributed by atoms with E-state index in [4.69, 9.17) is 20.0 Å². The Morgan fingerprint density at radius 1 is 0.730 bits per heavy atom. The molecule has 2 fully saturated rings. The molecule has 2 saturated heterocycles. The van der Waals surface area contributed by atoms with Crippen LogP contribution in [0.2, 0.25) is 0 Å². The van der Waals surface area contributed by atoms with Crippen molar-refractivity contribution < 1.29 is 26.1 Å². The first-order valence-electron chi connectivity index (χ1n) is 12.3. The van der Waals surface area contributed by atoms with Crippen LogP contribution in [-0.4, -0.2) is 84.2 Å². The number of aryl methyl sites for hydroxylation is 2. The van der Waals surface area contributed by atoms with Crippen molar-refractivity contribution in [1.82, 2.24) is 9.80 Å². The molecule has 208 valence electrons. The molecule has 0 aromatic heterocycles. The Morgan fingerprint density at radius 3 is 1.49 bits per heavy atom. The van der Waals surface area contributed by atoms with Gasteiger partial charge in [0, 0.05) is 36.9 Å². The second kappa shape index (κ2) is 14.6. The van der Waals surface area contributed by atoms with Crippen molar-refractivity contribution in [2.24, 2.45) is 0 Å². The number of hydrogen-bond acceptors (Lipinski definition) is 8. The summed E-state index contributed by atoms with van der Waals surface area (Å²) in [5.41, 5.74) is 2.04. The van der Waals surface area contributed by atoms with Gasteiger partial charge in [0.2, 0.25) is 0 Å². The molecule has 0 aliphatic carbocycles. The van der Waals surface area contributed by atoms with Crippen LogP contribution in [0.5, 0.6) is 0 Å². The molecule has 11 heteroatoms. The zero-order valence-electron chi connectivity index (χ0n) is 22.0. The van der Waals surface area contributed by atoms with E-state index in [0.717, 1.165) is 63.0 Å². The van der Waals surface area contributed by atoms with E-state index in [-0.39, 0.29) is 22.0 Å². The molecule has 0 spiro atoms. The molecule has 0 unspecified atom stereocenters. The zero-order chi connectivity index (χ0) is 27.6. The van der Waals surface area contributed by atoms with Crippen molar-refractivity contribution in [3.63, 3.8) is 0 Å². The van der Waals surface area contributed by atoms with E-state index >= 15 is 0 Å². The van der Waals surface area contributed by atoms with E-state index in [1.807, 2.05) is 20.9 Å². The van der Waals surface area contributed by atoms with Crippen molar-refractivity contribution >= 4 is 29.9 Å². The maximum absolute atomic E-state index is 12.1. The number of aliphatic hydroxyl groups excluding tert-OH is 1. The van der Waals surface area contributed by atoms with Gasteiger partial charge in [0.05, 0.1) is 22.0 Å². The first kappa shape index (κ1) is 31.7. The second-order valence-corrected chi connectivity index (χ2v) is 13.8. The lowest BCUT2D eigenvalue weighted by Gasteiger charge is -2.28. The maximum Gasteiger partial charge on any atom is 0.297 e. The molecule has 2 aliphatic heterocycles. The topological polar surface area (TPSA) is 104 Å². The number of piperidine rings is 2. The van der Waals surface area contributed by atoms with Crippen LogP contribution in [0.1, 0.15) is 36.8 Å². The summed E-state index contributed by atoms with van der Waals surface area (Å²) in [6.45, 7) is 7.68. The Labute approximate surface area is 226 Å². The van der Waals surface area contributed by atoms with Gasteiger partial charge in [-0.2, -0.15) is 8.42 Å². The smallest absolute Gasteiger partial charge is 0.297 e. The Kier molecular flexibility index (Phi) is 12.5. The lowest BCUT2D eigenvalue weighted by atomic mass is 10.1. The predicted molar refractivity (Wildman–Crippen MR) is 147 cm³/mol. The minimum absolute atomic E-state index is 0.0220. The van der Waals surface area contributed by atoms with Crippen molar-refractivity contribution in [3.8, 4) is 0 Å². The van der Waals surface area contributed by atoms with Gasteiger partial charge < -0.3 is 14.9 Å². The molecular weight excluding hydrogens is 536 g/mol. The SMILES string of the molecule is CN1CCC(O)CC1.Cc1ccc(S(=O)(=O)Cl)cc1.Cc1ccc(S(=O)(=O)OC2CCN(C)CC2)cc1. The van der Waals surface area contributed by atoms with Crippen LogP contribution in [0.3, 0.4) is 0 Å². The molecule has 1 N–H and O–H groups in total. The molecule has 2 aliphatic rings. The number of aliphatic hydroxyl groups is 1.